The molecular formula is C28H41NO4. The fourth-order valence-corrected chi connectivity index (χ4v) is 8.00. The van der Waals surface area contributed by atoms with Crippen molar-refractivity contribution in [2.45, 2.75) is 105 Å². The van der Waals surface area contributed by atoms with E-state index in [0.29, 0.717) is 42.6 Å². The lowest BCUT2D eigenvalue weighted by Crippen LogP contribution is -2.49. The summed E-state index contributed by atoms with van der Waals surface area (Å²) < 4.78 is 0. The summed E-state index contributed by atoms with van der Waals surface area (Å²) in [5, 5.41) is 13.0. The van der Waals surface area contributed by atoms with Crippen molar-refractivity contribution in [3.8, 4) is 0 Å². The molecule has 0 bridgehead atoms. The van der Waals surface area contributed by atoms with E-state index in [2.05, 4.69) is 25.2 Å². The van der Waals surface area contributed by atoms with E-state index in [1.807, 2.05) is 13.8 Å². The van der Waals surface area contributed by atoms with Crippen molar-refractivity contribution >= 4 is 17.5 Å². The summed E-state index contributed by atoms with van der Waals surface area (Å²) in [6.45, 7) is 9.87. The van der Waals surface area contributed by atoms with Crippen LogP contribution in [0.25, 0.3) is 0 Å². The molecule has 7 atom stereocenters. The topological polar surface area (TPSA) is 83.5 Å². The predicted octanol–water partition coefficient (Wildman–Crippen LogP) is 4.68. The van der Waals surface area contributed by atoms with Crippen molar-refractivity contribution in [2.24, 2.45) is 28.6 Å². The van der Waals surface area contributed by atoms with Crippen LogP contribution in [0.15, 0.2) is 22.8 Å². The van der Waals surface area contributed by atoms with Gasteiger partial charge in [0.15, 0.2) is 11.6 Å². The molecule has 182 valence electrons. The second-order valence-corrected chi connectivity index (χ2v) is 11.8. The number of Topliss-reactive ketones (excluding diaryl/α,β-unsaturated/α-hetero) is 2. The highest BCUT2D eigenvalue weighted by Gasteiger charge is 2.59. The van der Waals surface area contributed by atoms with Crippen molar-refractivity contribution < 1.29 is 19.5 Å². The number of carbonyl (C=O) groups is 3. The number of fused-ring (bicyclic) bond motifs is 5. The molecule has 4 aliphatic rings. The van der Waals surface area contributed by atoms with Gasteiger partial charge in [0.1, 0.15) is 0 Å². The molecule has 0 spiro atoms. The minimum atomic E-state index is -0.225. The maximum atomic E-state index is 13.3. The van der Waals surface area contributed by atoms with Gasteiger partial charge in [-0.2, -0.15) is 0 Å². The van der Waals surface area contributed by atoms with Crippen molar-refractivity contribution in [3.63, 3.8) is 0 Å². The van der Waals surface area contributed by atoms with Gasteiger partial charge in [-0.25, -0.2) is 0 Å². The number of allylic oxidation sites excluding steroid dienone is 3. The molecule has 0 aliphatic heterocycles. The van der Waals surface area contributed by atoms with E-state index in [-0.39, 0.29) is 40.4 Å². The van der Waals surface area contributed by atoms with Gasteiger partial charge in [0.25, 0.3) is 0 Å². The van der Waals surface area contributed by atoms with Crippen LogP contribution in [0.1, 0.15) is 92.4 Å². The maximum Gasteiger partial charge on any atom is 0.217 e. The number of hydrogen-bond donors (Lipinski definition) is 2. The third kappa shape index (κ3) is 4.15. The van der Waals surface area contributed by atoms with E-state index in [9.17, 15) is 19.5 Å². The van der Waals surface area contributed by atoms with Crippen molar-refractivity contribution in [1.29, 1.82) is 0 Å². The maximum absolute atomic E-state index is 13.3. The molecule has 4 aliphatic carbocycles. The molecular weight excluding hydrogens is 414 g/mol. The van der Waals surface area contributed by atoms with Crippen LogP contribution >= 0.6 is 0 Å². The second kappa shape index (κ2) is 8.79. The second-order valence-electron chi connectivity index (χ2n) is 11.8. The molecule has 0 aromatic rings. The van der Waals surface area contributed by atoms with Gasteiger partial charge in [0.05, 0.1) is 6.10 Å². The van der Waals surface area contributed by atoms with Crippen LogP contribution in [-0.4, -0.2) is 34.7 Å². The van der Waals surface area contributed by atoms with Gasteiger partial charge in [-0.15, -0.1) is 0 Å². The number of hydrogen-bond acceptors (Lipinski definition) is 4. The first-order chi connectivity index (χ1) is 15.5. The molecule has 0 unspecified atom stereocenters. The van der Waals surface area contributed by atoms with Crippen LogP contribution in [0.3, 0.4) is 0 Å². The minimum Gasteiger partial charge on any atom is -0.393 e. The van der Waals surface area contributed by atoms with Gasteiger partial charge in [-0.3, -0.25) is 14.4 Å². The zero-order valence-electron chi connectivity index (χ0n) is 21.0. The van der Waals surface area contributed by atoms with Crippen LogP contribution in [0, 0.1) is 28.6 Å². The van der Waals surface area contributed by atoms with Crippen LogP contribution < -0.4 is 5.32 Å². The molecule has 0 radical (unpaired) electrons. The summed E-state index contributed by atoms with van der Waals surface area (Å²) in [5.74, 6) is 1.44. The Morgan fingerprint density at radius 2 is 1.82 bits per heavy atom. The highest BCUT2D eigenvalue weighted by atomic mass is 16.3. The van der Waals surface area contributed by atoms with Gasteiger partial charge < -0.3 is 10.4 Å². The van der Waals surface area contributed by atoms with Crippen LogP contribution in [0.2, 0.25) is 0 Å². The average molecular weight is 456 g/mol. The van der Waals surface area contributed by atoms with Crippen LogP contribution in [0.4, 0.5) is 0 Å². The van der Waals surface area contributed by atoms with Gasteiger partial charge in [-0.05, 0) is 93.0 Å². The normalized spacial score (nSPS) is 40.2. The number of nitrogens with one attached hydrogen (secondary N) is 1. The largest absolute Gasteiger partial charge is 0.393 e. The van der Waals surface area contributed by atoms with Crippen LogP contribution in [0.5, 0.6) is 0 Å². The third-order valence-electron chi connectivity index (χ3n) is 9.77. The first-order valence-electron chi connectivity index (χ1n) is 12.9. The van der Waals surface area contributed by atoms with E-state index < -0.39 is 0 Å². The quantitative estimate of drug-likeness (QED) is 0.466. The first-order valence-corrected chi connectivity index (χ1v) is 12.9. The Morgan fingerprint density at radius 1 is 1.12 bits per heavy atom. The van der Waals surface area contributed by atoms with E-state index in [1.54, 1.807) is 0 Å². The van der Waals surface area contributed by atoms with Gasteiger partial charge in [0, 0.05) is 31.4 Å². The molecule has 2 N–H and O–H groups in total. The van der Waals surface area contributed by atoms with Crippen molar-refractivity contribution in [1.82, 2.24) is 5.32 Å². The Balaban J connectivity index is 1.56. The predicted molar refractivity (Wildman–Crippen MR) is 128 cm³/mol. The zero-order chi connectivity index (χ0) is 24.1. The molecule has 0 aromatic carbocycles. The van der Waals surface area contributed by atoms with Gasteiger partial charge in [0.2, 0.25) is 5.91 Å². The summed E-state index contributed by atoms with van der Waals surface area (Å²) in [4.78, 5) is 37.7. The Kier molecular flexibility index (Phi) is 6.50. The zero-order valence-corrected chi connectivity index (χ0v) is 21.0. The summed E-state index contributed by atoms with van der Waals surface area (Å²) >= 11 is 0. The molecule has 5 nitrogen and oxygen atoms in total. The molecule has 0 aromatic heterocycles. The Labute approximate surface area is 198 Å². The lowest BCUT2D eigenvalue weighted by atomic mass is 9.47. The van der Waals surface area contributed by atoms with E-state index in [1.165, 1.54) is 12.5 Å². The molecule has 5 heteroatoms. The highest BCUT2D eigenvalue weighted by Crippen LogP contribution is 2.65. The van der Waals surface area contributed by atoms with Gasteiger partial charge in [-0.1, -0.05) is 25.5 Å². The SMILES string of the molecule is CC(=O)N[C@@H](C)CCC(=O)/C(C)=C1\C(=O)C[C@H]2[C@@H]3CC=C4C[C@@H](O)CC[C@]4(C)[C@H]3CC[C@]12C. The van der Waals surface area contributed by atoms with Crippen molar-refractivity contribution in [3.05, 3.63) is 22.8 Å². The molecule has 3 fully saturated rings. The molecule has 0 heterocycles. The van der Waals surface area contributed by atoms with E-state index in [4.69, 9.17) is 0 Å². The fraction of sp³-hybridized carbons (Fsp3) is 0.750. The smallest absolute Gasteiger partial charge is 0.217 e. The first kappa shape index (κ1) is 24.4. The Morgan fingerprint density at radius 3 is 2.52 bits per heavy atom. The number of aliphatic hydroxyl groups is 1. The fourth-order valence-electron chi connectivity index (χ4n) is 8.00. The number of ketones is 2. The Bertz CT molecular complexity index is 917. The molecule has 3 saturated carbocycles. The monoisotopic (exact) mass is 455 g/mol. The summed E-state index contributed by atoms with van der Waals surface area (Å²) in [6, 6.07) is -0.0553. The highest BCUT2D eigenvalue weighted by molar-refractivity contribution is 6.08. The molecule has 1 amide bonds. The summed E-state index contributed by atoms with van der Waals surface area (Å²) in [7, 11) is 0. The molecule has 33 heavy (non-hydrogen) atoms. The summed E-state index contributed by atoms with van der Waals surface area (Å²) in [6.07, 6.45) is 9.39. The number of carbonyl (C=O) groups excluding carboxylic acids is 3. The third-order valence-corrected chi connectivity index (χ3v) is 9.77. The minimum absolute atomic E-state index is 0.0404. The van der Waals surface area contributed by atoms with Crippen LogP contribution in [-0.2, 0) is 14.4 Å². The van der Waals surface area contributed by atoms with E-state index >= 15 is 0 Å². The lowest BCUT2D eigenvalue weighted by molar-refractivity contribution is -0.120. The standard InChI is InChI=1S/C28H41NO4/c1-16(29-18(3)30)6-9-24(32)17(2)26-25(33)15-23-21-8-7-19-14-20(31)10-12-27(19,4)22(21)11-13-28(23,26)5/h7,16,20-23,31H,6,8-15H2,1-5H3,(H,29,30)/b26-17+/t16-,20-,21+,22-,23-,27-,28-/m0/s1. The lowest BCUT2D eigenvalue weighted by Gasteiger charge is -2.57. The summed E-state index contributed by atoms with van der Waals surface area (Å²) in [5.41, 5.74) is 2.80. The number of aliphatic hydroxyl groups excluding tert-OH is 1. The molecule has 4 rings (SSSR count). The molecule has 0 saturated heterocycles. The number of rotatable bonds is 5. The number of amides is 1. The van der Waals surface area contributed by atoms with E-state index in [0.717, 1.165) is 44.1 Å². The van der Waals surface area contributed by atoms with Crippen molar-refractivity contribution in [2.75, 3.05) is 0 Å². The average Bonchev–Trinajstić information content (AvgIpc) is 3.01. The van der Waals surface area contributed by atoms with Gasteiger partial charge >= 0.3 is 0 Å². The Hall–Kier alpha value is -1.75.